The van der Waals surface area contributed by atoms with Gasteiger partial charge >= 0.3 is 0 Å². The molecule has 0 aromatic heterocycles. The SMILES string of the molecule is CC(=CCCN)CCCS(C)(=O)=O. The molecule has 0 aromatic carbocycles. The number of hydrogen-bond acceptors (Lipinski definition) is 3. The summed E-state index contributed by atoms with van der Waals surface area (Å²) in [5.41, 5.74) is 6.56. The number of sulfone groups is 1. The smallest absolute Gasteiger partial charge is 0.147 e. The Labute approximate surface area is 80.9 Å². The first-order chi connectivity index (χ1) is 5.95. The van der Waals surface area contributed by atoms with E-state index < -0.39 is 9.84 Å². The summed E-state index contributed by atoms with van der Waals surface area (Å²) in [6.45, 7) is 2.67. The third-order valence-corrected chi connectivity index (χ3v) is 2.78. The average Bonchev–Trinajstić information content (AvgIpc) is 1.98. The van der Waals surface area contributed by atoms with E-state index in [0.717, 1.165) is 12.8 Å². The summed E-state index contributed by atoms with van der Waals surface area (Å²) in [7, 11) is -2.79. The van der Waals surface area contributed by atoms with Gasteiger partial charge in [-0.3, -0.25) is 0 Å². The quantitative estimate of drug-likeness (QED) is 0.661. The zero-order chi connectivity index (χ0) is 10.3. The van der Waals surface area contributed by atoms with Crippen molar-refractivity contribution in [1.29, 1.82) is 0 Å². The maximum atomic E-state index is 10.8. The van der Waals surface area contributed by atoms with Crippen molar-refractivity contribution >= 4 is 9.84 Å². The maximum absolute atomic E-state index is 10.8. The molecule has 0 aliphatic carbocycles. The van der Waals surface area contributed by atoms with Crippen LogP contribution in [0.3, 0.4) is 0 Å². The normalized spacial score (nSPS) is 13.3. The molecule has 0 rings (SSSR count). The van der Waals surface area contributed by atoms with Gasteiger partial charge in [0.1, 0.15) is 9.84 Å². The van der Waals surface area contributed by atoms with E-state index in [9.17, 15) is 8.42 Å². The van der Waals surface area contributed by atoms with E-state index in [1.165, 1.54) is 11.8 Å². The third-order valence-electron chi connectivity index (χ3n) is 1.75. The van der Waals surface area contributed by atoms with Gasteiger partial charge in [-0.2, -0.15) is 0 Å². The molecule has 2 N–H and O–H groups in total. The van der Waals surface area contributed by atoms with Crippen molar-refractivity contribution in [2.75, 3.05) is 18.6 Å². The predicted molar refractivity (Wildman–Crippen MR) is 56.4 cm³/mol. The molecule has 0 saturated heterocycles. The van der Waals surface area contributed by atoms with Crippen molar-refractivity contribution in [3.63, 3.8) is 0 Å². The van der Waals surface area contributed by atoms with Crippen LogP contribution < -0.4 is 5.73 Å². The Hall–Kier alpha value is -0.350. The molecule has 0 radical (unpaired) electrons. The topological polar surface area (TPSA) is 60.2 Å². The Kier molecular flexibility index (Phi) is 5.99. The van der Waals surface area contributed by atoms with Crippen LogP contribution in [0.1, 0.15) is 26.2 Å². The lowest BCUT2D eigenvalue weighted by atomic mass is 10.1. The fourth-order valence-electron chi connectivity index (χ4n) is 1.04. The first-order valence-corrected chi connectivity index (χ1v) is 6.55. The number of hydrogen-bond donors (Lipinski definition) is 1. The molecular weight excluding hydrogens is 186 g/mol. The van der Waals surface area contributed by atoms with Gasteiger partial charge in [0.15, 0.2) is 0 Å². The molecule has 78 valence electrons. The van der Waals surface area contributed by atoms with Crippen LogP contribution in [0, 0.1) is 0 Å². The van der Waals surface area contributed by atoms with Crippen LogP contribution in [-0.2, 0) is 9.84 Å². The Morgan fingerprint density at radius 1 is 1.46 bits per heavy atom. The first kappa shape index (κ1) is 12.7. The molecule has 3 nitrogen and oxygen atoms in total. The van der Waals surface area contributed by atoms with Crippen LogP contribution in [0.5, 0.6) is 0 Å². The molecule has 4 heteroatoms. The zero-order valence-corrected chi connectivity index (χ0v) is 9.23. The second-order valence-electron chi connectivity index (χ2n) is 3.36. The van der Waals surface area contributed by atoms with Gasteiger partial charge in [0.2, 0.25) is 0 Å². The van der Waals surface area contributed by atoms with Crippen LogP contribution in [0.15, 0.2) is 11.6 Å². The van der Waals surface area contributed by atoms with Crippen molar-refractivity contribution in [3.05, 3.63) is 11.6 Å². The van der Waals surface area contributed by atoms with Crippen LogP contribution >= 0.6 is 0 Å². The Morgan fingerprint density at radius 2 is 2.08 bits per heavy atom. The highest BCUT2D eigenvalue weighted by Gasteiger charge is 2.00. The number of allylic oxidation sites excluding steroid dienone is 1. The van der Waals surface area contributed by atoms with Gasteiger partial charge in [-0.1, -0.05) is 11.6 Å². The Morgan fingerprint density at radius 3 is 2.54 bits per heavy atom. The van der Waals surface area contributed by atoms with E-state index >= 15 is 0 Å². The summed E-state index contributed by atoms with van der Waals surface area (Å²) in [4.78, 5) is 0. The molecular formula is C9H19NO2S. The first-order valence-electron chi connectivity index (χ1n) is 4.49. The standard InChI is InChI=1S/C9H19NO2S/c1-9(5-3-7-10)6-4-8-13(2,11)12/h5H,3-4,6-8,10H2,1-2H3. The van der Waals surface area contributed by atoms with Gasteiger partial charge < -0.3 is 5.73 Å². The minimum Gasteiger partial charge on any atom is -0.330 e. The van der Waals surface area contributed by atoms with Gasteiger partial charge in [0.05, 0.1) is 5.75 Å². The predicted octanol–water partition coefficient (Wildman–Crippen LogP) is 1.11. The maximum Gasteiger partial charge on any atom is 0.147 e. The lowest BCUT2D eigenvalue weighted by Gasteiger charge is -2.00. The van der Waals surface area contributed by atoms with Crippen molar-refractivity contribution in [1.82, 2.24) is 0 Å². The molecule has 0 saturated carbocycles. The summed E-state index contributed by atoms with van der Waals surface area (Å²) < 4.78 is 21.6. The summed E-state index contributed by atoms with van der Waals surface area (Å²) in [5.74, 6) is 0.279. The summed E-state index contributed by atoms with van der Waals surface area (Å²) >= 11 is 0. The van der Waals surface area contributed by atoms with Crippen molar-refractivity contribution < 1.29 is 8.42 Å². The van der Waals surface area contributed by atoms with E-state index in [1.54, 1.807) is 0 Å². The van der Waals surface area contributed by atoms with Crippen molar-refractivity contribution in [3.8, 4) is 0 Å². The molecule has 0 spiro atoms. The highest BCUT2D eigenvalue weighted by atomic mass is 32.2. The molecule has 0 bridgehead atoms. The van der Waals surface area contributed by atoms with E-state index in [1.807, 2.05) is 6.92 Å². The van der Waals surface area contributed by atoms with E-state index in [-0.39, 0.29) is 5.75 Å². The monoisotopic (exact) mass is 205 g/mol. The lowest BCUT2D eigenvalue weighted by Crippen LogP contribution is -2.02. The van der Waals surface area contributed by atoms with Gasteiger partial charge in [-0.15, -0.1) is 0 Å². The molecule has 13 heavy (non-hydrogen) atoms. The highest BCUT2D eigenvalue weighted by molar-refractivity contribution is 7.90. The van der Waals surface area contributed by atoms with Crippen molar-refractivity contribution in [2.24, 2.45) is 5.73 Å². The molecule has 0 amide bonds. The van der Waals surface area contributed by atoms with Crippen LogP contribution in [0.25, 0.3) is 0 Å². The average molecular weight is 205 g/mol. The minimum atomic E-state index is -2.79. The van der Waals surface area contributed by atoms with Gasteiger partial charge in [-0.05, 0) is 32.7 Å². The molecule has 0 aliphatic rings. The largest absolute Gasteiger partial charge is 0.330 e. The molecule has 0 heterocycles. The molecule has 0 fully saturated rings. The van der Waals surface area contributed by atoms with E-state index in [0.29, 0.717) is 13.0 Å². The molecule has 0 aliphatic heterocycles. The molecule has 0 aromatic rings. The van der Waals surface area contributed by atoms with Gasteiger partial charge in [-0.25, -0.2) is 8.42 Å². The fourth-order valence-corrected chi connectivity index (χ4v) is 1.71. The molecule has 0 atom stereocenters. The van der Waals surface area contributed by atoms with Crippen LogP contribution in [0.2, 0.25) is 0 Å². The Bertz CT molecular complexity index is 255. The second-order valence-corrected chi connectivity index (χ2v) is 5.62. The van der Waals surface area contributed by atoms with Gasteiger partial charge in [0.25, 0.3) is 0 Å². The van der Waals surface area contributed by atoms with Gasteiger partial charge in [0, 0.05) is 6.26 Å². The zero-order valence-electron chi connectivity index (χ0n) is 8.41. The summed E-state index contributed by atoms with van der Waals surface area (Å²) in [6.07, 6.45) is 5.79. The Balaban J connectivity index is 3.65. The number of rotatable bonds is 6. The van der Waals surface area contributed by atoms with E-state index in [4.69, 9.17) is 5.73 Å². The minimum absolute atomic E-state index is 0.279. The molecule has 0 unspecified atom stereocenters. The highest BCUT2D eigenvalue weighted by Crippen LogP contribution is 2.05. The van der Waals surface area contributed by atoms with E-state index in [2.05, 4.69) is 6.08 Å². The van der Waals surface area contributed by atoms with Crippen LogP contribution in [0.4, 0.5) is 0 Å². The second kappa shape index (κ2) is 6.16. The lowest BCUT2D eigenvalue weighted by molar-refractivity contribution is 0.599. The fraction of sp³-hybridized carbons (Fsp3) is 0.778. The van der Waals surface area contributed by atoms with Crippen LogP contribution in [-0.4, -0.2) is 27.0 Å². The van der Waals surface area contributed by atoms with Crippen molar-refractivity contribution in [2.45, 2.75) is 26.2 Å². The summed E-state index contributed by atoms with van der Waals surface area (Å²) in [6, 6.07) is 0. The summed E-state index contributed by atoms with van der Waals surface area (Å²) in [5, 5.41) is 0. The third kappa shape index (κ3) is 9.56. The number of nitrogens with two attached hydrogens (primary N) is 1.